The van der Waals surface area contributed by atoms with Crippen LogP contribution < -0.4 is 5.32 Å². The number of benzene rings is 1. The molecular weight excluding hydrogens is 252 g/mol. The molecule has 0 aliphatic carbocycles. The molecule has 0 aliphatic rings. The highest BCUT2D eigenvalue weighted by Crippen LogP contribution is 2.23. The second-order valence-electron chi connectivity index (χ2n) is 3.77. The van der Waals surface area contributed by atoms with Crippen LogP contribution >= 0.6 is 0 Å². The summed E-state index contributed by atoms with van der Waals surface area (Å²) in [6, 6.07) is 15.9. The number of furan rings is 1. The fourth-order valence-electron chi connectivity index (χ4n) is 1.62. The maximum absolute atomic E-state index is 8.98. The van der Waals surface area contributed by atoms with Crippen molar-refractivity contribution in [2.45, 2.75) is 0 Å². The Bertz CT molecular complexity index is 751. The highest BCUT2D eigenvalue weighted by molar-refractivity contribution is 5.66. The summed E-state index contributed by atoms with van der Waals surface area (Å²) in [6.07, 6.45) is 1.57. The minimum atomic E-state index is -0.254. The van der Waals surface area contributed by atoms with E-state index in [0.29, 0.717) is 11.4 Å². The second kappa shape index (κ2) is 5.91. The lowest BCUT2D eigenvalue weighted by Gasteiger charge is -2.06. The van der Waals surface area contributed by atoms with Crippen molar-refractivity contribution in [3.63, 3.8) is 0 Å². The van der Waals surface area contributed by atoms with Crippen LogP contribution in [0, 0.1) is 34.0 Å². The molecule has 0 radical (unpaired) electrons. The number of hydrogen-bond donors (Lipinski definition) is 1. The molecule has 1 aromatic carbocycles. The van der Waals surface area contributed by atoms with E-state index in [4.69, 9.17) is 20.2 Å². The van der Waals surface area contributed by atoms with Gasteiger partial charge in [-0.05, 0) is 24.3 Å². The maximum atomic E-state index is 8.98. The number of nitriles is 3. The van der Waals surface area contributed by atoms with Crippen LogP contribution in [-0.4, -0.2) is 0 Å². The first-order valence-corrected chi connectivity index (χ1v) is 5.64. The highest BCUT2D eigenvalue weighted by atomic mass is 16.3. The van der Waals surface area contributed by atoms with Crippen molar-refractivity contribution in [1.82, 2.24) is 0 Å². The predicted octanol–water partition coefficient (Wildman–Crippen LogP) is 3.18. The molecule has 5 nitrogen and oxygen atoms in total. The summed E-state index contributed by atoms with van der Waals surface area (Å²) in [6.45, 7) is 0. The first-order chi connectivity index (χ1) is 9.78. The van der Waals surface area contributed by atoms with E-state index in [0.717, 1.165) is 5.56 Å². The van der Waals surface area contributed by atoms with Crippen LogP contribution in [0.1, 0.15) is 0 Å². The van der Waals surface area contributed by atoms with Gasteiger partial charge in [0.25, 0.3) is 0 Å². The van der Waals surface area contributed by atoms with Crippen molar-refractivity contribution < 1.29 is 4.42 Å². The quantitative estimate of drug-likeness (QED) is 0.855. The van der Waals surface area contributed by atoms with E-state index < -0.39 is 0 Å². The van der Waals surface area contributed by atoms with Gasteiger partial charge in [0, 0.05) is 11.3 Å². The Morgan fingerprint density at radius 2 is 1.80 bits per heavy atom. The predicted molar refractivity (Wildman–Crippen MR) is 71.6 cm³/mol. The van der Waals surface area contributed by atoms with Crippen LogP contribution in [0.2, 0.25) is 0 Å². The zero-order valence-corrected chi connectivity index (χ0v) is 10.3. The van der Waals surface area contributed by atoms with Crippen LogP contribution in [0.5, 0.6) is 0 Å². The summed E-state index contributed by atoms with van der Waals surface area (Å²) < 4.78 is 5.29. The summed E-state index contributed by atoms with van der Waals surface area (Å²) in [4.78, 5) is 0. The van der Waals surface area contributed by atoms with Crippen LogP contribution in [0.3, 0.4) is 0 Å². The van der Waals surface area contributed by atoms with E-state index in [-0.39, 0.29) is 11.3 Å². The summed E-state index contributed by atoms with van der Waals surface area (Å²) >= 11 is 0. The minimum Gasteiger partial charge on any atom is -0.464 e. The molecule has 0 saturated carbocycles. The number of allylic oxidation sites excluding steroid dienone is 2. The minimum absolute atomic E-state index is 0.0772. The Balaban J connectivity index is 2.35. The van der Waals surface area contributed by atoms with Gasteiger partial charge in [0.1, 0.15) is 29.7 Å². The molecule has 0 aliphatic heterocycles. The number of nitrogens with one attached hydrogen (secondary N) is 1. The standard InChI is InChI=1S/C15H8N4O/c16-8-12(9-17)14(10-18)19-13-4-1-3-11(7-13)15-5-2-6-20-15/h1-7,19H. The molecule has 2 rings (SSSR count). The number of nitrogens with zero attached hydrogens (tertiary/aromatic N) is 3. The molecule has 0 amide bonds. The van der Waals surface area contributed by atoms with E-state index in [2.05, 4.69) is 5.32 Å². The Labute approximate surface area is 115 Å². The van der Waals surface area contributed by atoms with Crippen molar-refractivity contribution in [2.75, 3.05) is 5.32 Å². The van der Waals surface area contributed by atoms with E-state index in [1.807, 2.05) is 12.1 Å². The van der Waals surface area contributed by atoms with Crippen molar-refractivity contribution in [3.8, 4) is 29.5 Å². The normalized spacial score (nSPS) is 8.85. The molecule has 0 spiro atoms. The maximum Gasteiger partial charge on any atom is 0.163 e. The highest BCUT2D eigenvalue weighted by Gasteiger charge is 2.07. The van der Waals surface area contributed by atoms with E-state index in [1.54, 1.807) is 48.7 Å². The SMILES string of the molecule is N#CC(C#N)=C(C#N)Nc1cccc(-c2ccco2)c1. The zero-order valence-electron chi connectivity index (χ0n) is 10.3. The van der Waals surface area contributed by atoms with Gasteiger partial charge in [0.05, 0.1) is 6.26 Å². The summed E-state index contributed by atoms with van der Waals surface area (Å²) in [7, 11) is 0. The van der Waals surface area contributed by atoms with Gasteiger partial charge in [-0.1, -0.05) is 12.1 Å². The molecule has 94 valence electrons. The number of anilines is 1. The van der Waals surface area contributed by atoms with Gasteiger partial charge >= 0.3 is 0 Å². The summed E-state index contributed by atoms with van der Waals surface area (Å²) in [5.41, 5.74) is 1.09. The van der Waals surface area contributed by atoms with Gasteiger partial charge in [0.2, 0.25) is 0 Å². The Morgan fingerprint density at radius 3 is 2.40 bits per heavy atom. The Morgan fingerprint density at radius 1 is 1.00 bits per heavy atom. The zero-order chi connectivity index (χ0) is 14.4. The first-order valence-electron chi connectivity index (χ1n) is 5.64. The smallest absolute Gasteiger partial charge is 0.163 e. The first kappa shape index (κ1) is 13.0. The van der Waals surface area contributed by atoms with Crippen LogP contribution in [0.15, 0.2) is 58.3 Å². The second-order valence-corrected chi connectivity index (χ2v) is 3.77. The van der Waals surface area contributed by atoms with Crippen molar-refractivity contribution >= 4 is 5.69 Å². The molecule has 1 aromatic heterocycles. The van der Waals surface area contributed by atoms with Crippen LogP contribution in [0.4, 0.5) is 5.69 Å². The summed E-state index contributed by atoms with van der Waals surface area (Å²) in [5.74, 6) is 0.692. The van der Waals surface area contributed by atoms with E-state index >= 15 is 0 Å². The molecule has 5 heteroatoms. The third-order valence-corrected chi connectivity index (χ3v) is 2.52. The molecule has 0 atom stereocenters. The topological polar surface area (TPSA) is 96.5 Å². The molecular formula is C15H8N4O. The van der Waals surface area contributed by atoms with E-state index in [1.165, 1.54) is 0 Å². The summed E-state index contributed by atoms with van der Waals surface area (Å²) in [5, 5.41) is 29.3. The van der Waals surface area contributed by atoms with Crippen molar-refractivity contribution in [1.29, 1.82) is 15.8 Å². The molecule has 1 N–H and O–H groups in total. The molecule has 0 fully saturated rings. The van der Waals surface area contributed by atoms with Gasteiger partial charge in [-0.3, -0.25) is 0 Å². The van der Waals surface area contributed by atoms with Gasteiger partial charge < -0.3 is 9.73 Å². The van der Waals surface area contributed by atoms with E-state index in [9.17, 15) is 0 Å². The fraction of sp³-hybridized carbons (Fsp3) is 0. The van der Waals surface area contributed by atoms with Crippen LogP contribution in [0.25, 0.3) is 11.3 Å². The van der Waals surface area contributed by atoms with Gasteiger partial charge in [0.15, 0.2) is 5.57 Å². The molecule has 0 saturated heterocycles. The Kier molecular flexibility index (Phi) is 3.83. The van der Waals surface area contributed by atoms with Crippen molar-refractivity contribution in [3.05, 3.63) is 53.9 Å². The van der Waals surface area contributed by atoms with Gasteiger partial charge in [-0.25, -0.2) is 0 Å². The van der Waals surface area contributed by atoms with Gasteiger partial charge in [-0.15, -0.1) is 0 Å². The lowest BCUT2D eigenvalue weighted by molar-refractivity contribution is 0.582. The molecule has 2 aromatic rings. The fourth-order valence-corrected chi connectivity index (χ4v) is 1.62. The number of rotatable bonds is 3. The van der Waals surface area contributed by atoms with Gasteiger partial charge in [-0.2, -0.15) is 15.8 Å². The third-order valence-electron chi connectivity index (χ3n) is 2.52. The molecule has 1 heterocycles. The molecule has 0 unspecified atom stereocenters. The monoisotopic (exact) mass is 260 g/mol. The lowest BCUT2D eigenvalue weighted by Crippen LogP contribution is -2.00. The largest absolute Gasteiger partial charge is 0.464 e. The molecule has 0 bridgehead atoms. The Hall–Kier alpha value is -3.49. The average Bonchev–Trinajstić information content (AvgIpc) is 3.02. The third kappa shape index (κ3) is 2.67. The van der Waals surface area contributed by atoms with Crippen LogP contribution in [-0.2, 0) is 0 Å². The average molecular weight is 260 g/mol. The molecule has 20 heavy (non-hydrogen) atoms. The van der Waals surface area contributed by atoms with Crippen molar-refractivity contribution in [2.24, 2.45) is 0 Å². The number of hydrogen-bond acceptors (Lipinski definition) is 5. The lowest BCUT2D eigenvalue weighted by atomic mass is 10.1.